The third kappa shape index (κ3) is 3.44. The monoisotopic (exact) mass is 455 g/mol. The highest BCUT2D eigenvalue weighted by molar-refractivity contribution is 5.79. The van der Waals surface area contributed by atoms with E-state index in [-0.39, 0.29) is 5.60 Å². The molecule has 6 rings (SSSR count). The van der Waals surface area contributed by atoms with E-state index in [1.54, 1.807) is 12.1 Å². The van der Waals surface area contributed by atoms with E-state index in [9.17, 15) is 0 Å². The molecular weight excluding hydrogens is 426 g/mol. The van der Waals surface area contributed by atoms with E-state index in [1.807, 2.05) is 30.3 Å². The summed E-state index contributed by atoms with van der Waals surface area (Å²) in [6, 6.07) is 24.6. The number of hydrogen-bond acceptors (Lipinski definition) is 7. The van der Waals surface area contributed by atoms with Crippen molar-refractivity contribution in [3.05, 3.63) is 78.4 Å². The average molecular weight is 456 g/mol. The third-order valence-electron chi connectivity index (χ3n) is 7.21. The number of guanidine groups is 1. The summed E-state index contributed by atoms with van der Waals surface area (Å²) in [4.78, 5) is 13.6. The van der Waals surface area contributed by atoms with Crippen molar-refractivity contribution in [2.75, 3.05) is 30.8 Å². The van der Waals surface area contributed by atoms with Gasteiger partial charge in [0.15, 0.2) is 0 Å². The maximum Gasteiger partial charge on any atom is 0.222 e. The number of anilines is 2. The molecule has 0 bridgehead atoms. The molecule has 1 saturated heterocycles. The number of fused-ring (bicyclic) bond motifs is 2. The van der Waals surface area contributed by atoms with E-state index >= 15 is 0 Å². The second kappa shape index (κ2) is 7.67. The van der Waals surface area contributed by atoms with Gasteiger partial charge in [-0.15, -0.1) is 0 Å². The first kappa shape index (κ1) is 20.9. The minimum atomic E-state index is -0.905. The molecule has 0 aliphatic carbocycles. The predicted molar refractivity (Wildman–Crippen MR) is 134 cm³/mol. The Morgan fingerprint density at radius 2 is 1.65 bits per heavy atom. The first-order valence-corrected chi connectivity index (χ1v) is 11.7. The SMILES string of the molecule is CN1OC2(CC3(CCN(c4ccccc4)CC3)Oc3ccc(-c4cccc(N)c4)cc32)N=C1N. The molecule has 0 radical (unpaired) electrons. The number of nitrogens with zero attached hydrogens (tertiary/aromatic N) is 3. The molecule has 3 aromatic rings. The van der Waals surface area contributed by atoms with Gasteiger partial charge in [-0.05, 0) is 47.5 Å². The largest absolute Gasteiger partial charge is 0.486 e. The number of piperidine rings is 1. The fourth-order valence-electron chi connectivity index (χ4n) is 5.44. The van der Waals surface area contributed by atoms with Crippen LogP contribution in [0.25, 0.3) is 11.1 Å². The highest BCUT2D eigenvalue weighted by atomic mass is 16.7. The summed E-state index contributed by atoms with van der Waals surface area (Å²) in [5.41, 5.74) is 15.9. The Balaban J connectivity index is 1.37. The smallest absolute Gasteiger partial charge is 0.222 e. The lowest BCUT2D eigenvalue weighted by Crippen LogP contribution is -2.54. The van der Waals surface area contributed by atoms with Gasteiger partial charge in [-0.1, -0.05) is 36.4 Å². The molecule has 7 nitrogen and oxygen atoms in total. The van der Waals surface area contributed by atoms with Crippen LogP contribution < -0.4 is 21.1 Å². The van der Waals surface area contributed by atoms with Crippen LogP contribution in [0.1, 0.15) is 24.8 Å². The molecule has 174 valence electrons. The maximum absolute atomic E-state index is 6.76. The zero-order chi connectivity index (χ0) is 23.3. The van der Waals surface area contributed by atoms with Gasteiger partial charge in [-0.2, -0.15) is 0 Å². The molecule has 7 heteroatoms. The van der Waals surface area contributed by atoms with E-state index in [2.05, 4.69) is 47.4 Å². The lowest BCUT2D eigenvalue weighted by Gasteiger charge is -2.49. The van der Waals surface area contributed by atoms with Crippen molar-refractivity contribution in [2.24, 2.45) is 10.7 Å². The van der Waals surface area contributed by atoms with E-state index in [0.29, 0.717) is 12.4 Å². The second-order valence-electron chi connectivity index (χ2n) is 9.46. The van der Waals surface area contributed by atoms with Crippen LogP contribution in [0.5, 0.6) is 5.75 Å². The van der Waals surface area contributed by atoms with Gasteiger partial charge in [-0.3, -0.25) is 0 Å². The van der Waals surface area contributed by atoms with Crippen molar-refractivity contribution in [1.82, 2.24) is 5.06 Å². The van der Waals surface area contributed by atoms with E-state index in [4.69, 9.17) is 26.0 Å². The number of hydrogen-bond donors (Lipinski definition) is 2. The Morgan fingerprint density at radius 1 is 0.882 bits per heavy atom. The molecule has 0 aromatic heterocycles. The Hall–Kier alpha value is -3.71. The number of benzene rings is 3. The van der Waals surface area contributed by atoms with Gasteiger partial charge in [0.25, 0.3) is 0 Å². The molecular formula is C27H29N5O2. The standard InChI is InChI=1S/C27H29N5O2/c1-31-25(29)30-27(34-31)18-26(12-14-32(15-13-26)22-8-3-2-4-9-22)33-24-11-10-20(17-23(24)27)19-6-5-7-21(28)16-19/h2-11,16-17H,12-15,18,28H2,1H3,(H2,29,30). The van der Waals surface area contributed by atoms with Crippen molar-refractivity contribution in [1.29, 1.82) is 0 Å². The second-order valence-corrected chi connectivity index (χ2v) is 9.46. The van der Waals surface area contributed by atoms with E-state index in [0.717, 1.165) is 54.1 Å². The fourth-order valence-corrected chi connectivity index (χ4v) is 5.44. The van der Waals surface area contributed by atoms with Crippen LogP contribution in [-0.2, 0) is 10.6 Å². The van der Waals surface area contributed by atoms with Crippen molar-refractivity contribution in [2.45, 2.75) is 30.6 Å². The Kier molecular flexibility index (Phi) is 4.71. The summed E-state index contributed by atoms with van der Waals surface area (Å²) < 4.78 is 6.76. The molecule has 0 saturated carbocycles. The van der Waals surface area contributed by atoms with Gasteiger partial charge in [-0.25, -0.2) is 14.9 Å². The van der Waals surface area contributed by atoms with Crippen LogP contribution >= 0.6 is 0 Å². The first-order valence-electron chi connectivity index (χ1n) is 11.7. The number of aliphatic imine (C=N–C) groups is 1. The third-order valence-corrected chi connectivity index (χ3v) is 7.21. The summed E-state index contributed by atoms with van der Waals surface area (Å²) >= 11 is 0. The summed E-state index contributed by atoms with van der Waals surface area (Å²) in [6.45, 7) is 1.82. The van der Waals surface area contributed by atoms with E-state index in [1.165, 1.54) is 5.69 Å². The van der Waals surface area contributed by atoms with Crippen LogP contribution in [0.2, 0.25) is 0 Å². The van der Waals surface area contributed by atoms with Crippen molar-refractivity contribution >= 4 is 17.3 Å². The normalized spacial score (nSPS) is 23.0. The van der Waals surface area contributed by atoms with Crippen LogP contribution in [0.4, 0.5) is 11.4 Å². The van der Waals surface area contributed by atoms with Crippen LogP contribution in [0.15, 0.2) is 77.8 Å². The van der Waals surface area contributed by atoms with Gasteiger partial charge in [0.1, 0.15) is 11.4 Å². The van der Waals surface area contributed by atoms with Gasteiger partial charge in [0.2, 0.25) is 11.7 Å². The molecule has 4 N–H and O–H groups in total. The predicted octanol–water partition coefficient (Wildman–Crippen LogP) is 4.10. The average Bonchev–Trinajstić information content (AvgIpc) is 3.13. The summed E-state index contributed by atoms with van der Waals surface area (Å²) in [5.74, 6) is 1.18. The number of ether oxygens (including phenoxy) is 1. The zero-order valence-corrected chi connectivity index (χ0v) is 19.3. The Labute approximate surface area is 199 Å². The lowest BCUT2D eigenvalue weighted by molar-refractivity contribution is -0.206. The molecule has 3 aromatic carbocycles. The highest BCUT2D eigenvalue weighted by Gasteiger charge is 2.55. The summed E-state index contributed by atoms with van der Waals surface area (Å²) in [6.07, 6.45) is 2.37. The molecule has 1 fully saturated rings. The highest BCUT2D eigenvalue weighted by Crippen LogP contribution is 2.52. The molecule has 2 spiro atoms. The van der Waals surface area contributed by atoms with Crippen LogP contribution in [-0.4, -0.2) is 36.8 Å². The molecule has 1 atom stereocenters. The number of nitrogens with two attached hydrogens (primary N) is 2. The molecule has 1 unspecified atom stereocenters. The molecule has 3 aliphatic rings. The minimum Gasteiger partial charge on any atom is -0.486 e. The first-order chi connectivity index (χ1) is 16.5. The van der Waals surface area contributed by atoms with Crippen molar-refractivity contribution in [3.8, 4) is 16.9 Å². The zero-order valence-electron chi connectivity index (χ0n) is 19.3. The van der Waals surface area contributed by atoms with Gasteiger partial charge in [0.05, 0.1) is 5.56 Å². The van der Waals surface area contributed by atoms with Gasteiger partial charge >= 0.3 is 0 Å². The van der Waals surface area contributed by atoms with E-state index < -0.39 is 5.72 Å². The number of rotatable bonds is 2. The number of nitrogen functional groups attached to an aromatic ring is 1. The minimum absolute atomic E-state index is 0.369. The lowest BCUT2D eigenvalue weighted by atomic mass is 9.78. The van der Waals surface area contributed by atoms with Crippen LogP contribution in [0.3, 0.4) is 0 Å². The molecule has 3 heterocycles. The van der Waals surface area contributed by atoms with Crippen LogP contribution in [0, 0.1) is 0 Å². The number of hydroxylamine groups is 2. The fraction of sp³-hybridized carbons (Fsp3) is 0.296. The number of para-hydroxylation sites is 1. The van der Waals surface area contributed by atoms with Crippen molar-refractivity contribution in [3.63, 3.8) is 0 Å². The maximum atomic E-state index is 6.76. The Bertz CT molecular complexity index is 1250. The Morgan fingerprint density at radius 3 is 2.35 bits per heavy atom. The summed E-state index contributed by atoms with van der Waals surface area (Å²) in [7, 11) is 1.80. The molecule has 3 aliphatic heterocycles. The molecule has 34 heavy (non-hydrogen) atoms. The van der Waals surface area contributed by atoms with Gasteiger partial charge in [0, 0.05) is 50.8 Å². The summed E-state index contributed by atoms with van der Waals surface area (Å²) in [5, 5.41) is 1.56. The molecule has 0 amide bonds. The van der Waals surface area contributed by atoms with Gasteiger partial charge < -0.3 is 21.1 Å². The topological polar surface area (TPSA) is 89.3 Å². The quantitative estimate of drug-likeness (QED) is 0.566. The van der Waals surface area contributed by atoms with Crippen molar-refractivity contribution < 1.29 is 9.57 Å².